The number of nitrogens with one attached hydrogen (secondary N) is 1. The second-order valence-corrected chi connectivity index (χ2v) is 10.9. The molecule has 0 bridgehead atoms. The minimum atomic E-state index is -3.78. The van der Waals surface area contributed by atoms with Gasteiger partial charge in [0.15, 0.2) is 0 Å². The molecule has 7 heteroatoms. The van der Waals surface area contributed by atoms with E-state index in [9.17, 15) is 13.2 Å². The summed E-state index contributed by atoms with van der Waals surface area (Å²) < 4.78 is 28.1. The summed E-state index contributed by atoms with van der Waals surface area (Å²) in [5.41, 5.74) is 3.21. The molecule has 0 unspecified atom stereocenters. The van der Waals surface area contributed by atoms with E-state index in [4.69, 9.17) is 0 Å². The zero-order valence-corrected chi connectivity index (χ0v) is 21.5. The van der Waals surface area contributed by atoms with Gasteiger partial charge >= 0.3 is 0 Å². The number of fused-ring (bicyclic) bond motifs is 1. The van der Waals surface area contributed by atoms with Crippen LogP contribution in [0.5, 0.6) is 0 Å². The van der Waals surface area contributed by atoms with Crippen LogP contribution in [0.2, 0.25) is 0 Å². The molecule has 0 atom stereocenters. The van der Waals surface area contributed by atoms with Crippen molar-refractivity contribution in [3.05, 3.63) is 102 Å². The number of sulfonamides is 1. The Balaban J connectivity index is 1.56. The van der Waals surface area contributed by atoms with Crippen LogP contribution in [0.1, 0.15) is 30.9 Å². The standard InChI is InChI=1S/C29H33N3O3S/c1-2-3-19-32(36(34,35)26-14-8-5-9-15-26)23-29(33)31(22-24-12-6-4-7-13-24)20-18-25-21-30-28-17-11-10-16-27(25)28/h4-17,21,30H,2-3,18-20,22-23H2,1H3. The molecular formula is C29H33N3O3S. The Bertz CT molecular complexity index is 1370. The molecule has 1 amide bonds. The topological polar surface area (TPSA) is 73.5 Å². The molecule has 0 aliphatic carbocycles. The molecular weight excluding hydrogens is 470 g/mol. The summed E-state index contributed by atoms with van der Waals surface area (Å²) in [6, 6.07) is 26.3. The van der Waals surface area contributed by atoms with Gasteiger partial charge in [0.05, 0.1) is 11.4 Å². The lowest BCUT2D eigenvalue weighted by Gasteiger charge is -2.27. The largest absolute Gasteiger partial charge is 0.361 e. The molecule has 4 rings (SSSR count). The Hall–Kier alpha value is -3.42. The van der Waals surface area contributed by atoms with E-state index in [0.29, 0.717) is 32.5 Å². The monoisotopic (exact) mass is 503 g/mol. The first-order valence-electron chi connectivity index (χ1n) is 12.4. The third-order valence-corrected chi connectivity index (χ3v) is 8.21. The van der Waals surface area contributed by atoms with E-state index >= 15 is 0 Å². The maximum absolute atomic E-state index is 13.6. The number of hydrogen-bond acceptors (Lipinski definition) is 3. The van der Waals surface area contributed by atoms with Crippen molar-refractivity contribution in [3.63, 3.8) is 0 Å². The van der Waals surface area contributed by atoms with Gasteiger partial charge in [0, 0.05) is 36.7 Å². The fourth-order valence-corrected chi connectivity index (χ4v) is 5.75. The van der Waals surface area contributed by atoms with Crippen LogP contribution in [0.4, 0.5) is 0 Å². The van der Waals surface area contributed by atoms with Gasteiger partial charge in [-0.2, -0.15) is 4.31 Å². The molecule has 1 N–H and O–H groups in total. The van der Waals surface area contributed by atoms with Gasteiger partial charge < -0.3 is 9.88 Å². The SMILES string of the molecule is CCCCN(CC(=O)N(CCc1c[nH]c2ccccc12)Cc1ccccc1)S(=O)(=O)c1ccccc1. The Morgan fingerprint density at radius 2 is 1.53 bits per heavy atom. The maximum Gasteiger partial charge on any atom is 0.243 e. The Morgan fingerprint density at radius 3 is 2.25 bits per heavy atom. The van der Waals surface area contributed by atoms with Crippen molar-refractivity contribution >= 4 is 26.8 Å². The van der Waals surface area contributed by atoms with Crippen molar-refractivity contribution in [2.45, 2.75) is 37.6 Å². The number of para-hydroxylation sites is 1. The first kappa shape index (κ1) is 25.7. The van der Waals surface area contributed by atoms with Gasteiger partial charge in [-0.3, -0.25) is 4.79 Å². The van der Waals surface area contributed by atoms with E-state index in [1.54, 1.807) is 35.2 Å². The fraction of sp³-hybridized carbons (Fsp3) is 0.276. The average molecular weight is 504 g/mol. The van der Waals surface area contributed by atoms with Crippen LogP contribution in [-0.4, -0.2) is 48.1 Å². The van der Waals surface area contributed by atoms with Gasteiger partial charge in [-0.15, -0.1) is 0 Å². The van der Waals surface area contributed by atoms with Crippen LogP contribution in [0.25, 0.3) is 10.9 Å². The molecule has 0 spiro atoms. The van der Waals surface area contributed by atoms with Gasteiger partial charge in [-0.25, -0.2) is 8.42 Å². The zero-order chi connectivity index (χ0) is 25.4. The first-order valence-corrected chi connectivity index (χ1v) is 13.8. The van der Waals surface area contributed by atoms with E-state index < -0.39 is 10.0 Å². The van der Waals surface area contributed by atoms with Gasteiger partial charge in [0.25, 0.3) is 0 Å². The summed E-state index contributed by atoms with van der Waals surface area (Å²) in [7, 11) is -3.78. The van der Waals surface area contributed by atoms with Crippen molar-refractivity contribution in [1.82, 2.24) is 14.2 Å². The van der Waals surface area contributed by atoms with Crippen molar-refractivity contribution in [1.29, 1.82) is 0 Å². The Labute approximate surface area is 213 Å². The number of carbonyl (C=O) groups excluding carboxylic acids is 1. The van der Waals surface area contributed by atoms with Gasteiger partial charge in [0.2, 0.25) is 15.9 Å². The van der Waals surface area contributed by atoms with E-state index in [-0.39, 0.29) is 17.3 Å². The second kappa shape index (κ2) is 12.0. The lowest BCUT2D eigenvalue weighted by atomic mass is 10.1. The number of rotatable bonds is 12. The normalized spacial score (nSPS) is 11.7. The Morgan fingerprint density at radius 1 is 0.861 bits per heavy atom. The van der Waals surface area contributed by atoms with Gasteiger partial charge in [0.1, 0.15) is 0 Å². The van der Waals surface area contributed by atoms with Crippen LogP contribution < -0.4 is 0 Å². The van der Waals surface area contributed by atoms with Crippen LogP contribution >= 0.6 is 0 Å². The summed E-state index contributed by atoms with van der Waals surface area (Å²) in [6.07, 6.45) is 4.18. The molecule has 0 saturated carbocycles. The lowest BCUT2D eigenvalue weighted by Crippen LogP contribution is -2.43. The first-order chi connectivity index (χ1) is 17.5. The number of aromatic nitrogens is 1. The quantitative estimate of drug-likeness (QED) is 0.288. The highest BCUT2D eigenvalue weighted by Gasteiger charge is 2.28. The molecule has 0 fully saturated rings. The van der Waals surface area contributed by atoms with Crippen molar-refractivity contribution in [2.75, 3.05) is 19.6 Å². The average Bonchev–Trinajstić information content (AvgIpc) is 3.33. The van der Waals surface area contributed by atoms with E-state index in [2.05, 4.69) is 11.1 Å². The predicted octanol–water partition coefficient (Wildman–Crippen LogP) is 5.23. The van der Waals surface area contributed by atoms with Crippen molar-refractivity contribution < 1.29 is 13.2 Å². The predicted molar refractivity (Wildman–Crippen MR) is 144 cm³/mol. The molecule has 4 aromatic rings. The minimum absolute atomic E-state index is 0.183. The third kappa shape index (κ3) is 6.22. The molecule has 0 radical (unpaired) electrons. The summed E-state index contributed by atoms with van der Waals surface area (Å²) in [4.78, 5) is 18.9. The molecule has 3 aromatic carbocycles. The second-order valence-electron chi connectivity index (χ2n) is 8.92. The molecule has 36 heavy (non-hydrogen) atoms. The maximum atomic E-state index is 13.6. The van der Waals surface area contributed by atoms with Gasteiger partial charge in [-0.1, -0.05) is 80.1 Å². The molecule has 6 nitrogen and oxygen atoms in total. The number of hydrogen-bond donors (Lipinski definition) is 1. The van der Waals surface area contributed by atoms with Crippen molar-refractivity contribution in [2.24, 2.45) is 0 Å². The molecule has 1 heterocycles. The van der Waals surface area contributed by atoms with E-state index in [1.807, 2.05) is 61.7 Å². The van der Waals surface area contributed by atoms with Crippen LogP contribution in [0.3, 0.4) is 0 Å². The molecule has 0 saturated heterocycles. The van der Waals surface area contributed by atoms with E-state index in [0.717, 1.165) is 28.5 Å². The molecule has 1 aromatic heterocycles. The zero-order valence-electron chi connectivity index (χ0n) is 20.6. The van der Waals surface area contributed by atoms with Crippen LogP contribution in [0.15, 0.2) is 96.0 Å². The Kier molecular flexibility index (Phi) is 8.57. The molecule has 0 aliphatic rings. The van der Waals surface area contributed by atoms with Crippen molar-refractivity contribution in [3.8, 4) is 0 Å². The number of aromatic amines is 1. The highest BCUT2D eigenvalue weighted by Crippen LogP contribution is 2.20. The lowest BCUT2D eigenvalue weighted by molar-refractivity contribution is -0.132. The highest BCUT2D eigenvalue weighted by atomic mass is 32.2. The fourth-order valence-electron chi connectivity index (χ4n) is 4.30. The van der Waals surface area contributed by atoms with Crippen LogP contribution in [-0.2, 0) is 27.8 Å². The number of amides is 1. The number of benzene rings is 3. The minimum Gasteiger partial charge on any atom is -0.361 e. The smallest absolute Gasteiger partial charge is 0.243 e. The molecule has 188 valence electrons. The summed E-state index contributed by atoms with van der Waals surface area (Å²) in [5, 5.41) is 1.14. The number of carbonyl (C=O) groups is 1. The number of unbranched alkanes of at least 4 members (excludes halogenated alkanes) is 1. The summed E-state index contributed by atoms with van der Waals surface area (Å²) in [6.45, 7) is 3.05. The van der Waals surface area contributed by atoms with E-state index in [1.165, 1.54) is 4.31 Å². The summed E-state index contributed by atoms with van der Waals surface area (Å²) >= 11 is 0. The summed E-state index contributed by atoms with van der Waals surface area (Å²) in [5.74, 6) is -0.200. The highest BCUT2D eigenvalue weighted by molar-refractivity contribution is 7.89. The number of nitrogens with zero attached hydrogens (tertiary/aromatic N) is 2. The third-order valence-electron chi connectivity index (χ3n) is 6.35. The molecule has 0 aliphatic heterocycles. The number of H-pyrrole nitrogens is 1. The van der Waals surface area contributed by atoms with Crippen LogP contribution in [0, 0.1) is 0 Å². The van der Waals surface area contributed by atoms with Gasteiger partial charge in [-0.05, 0) is 42.2 Å².